The number of anilines is 6. The molecule has 11 rings (SSSR count). The zero-order valence-electron chi connectivity index (χ0n) is 36.0. The Balaban J connectivity index is 1.000. The maximum atomic E-state index is 6.79. The predicted molar refractivity (Wildman–Crippen MR) is 271 cm³/mol. The second kappa shape index (κ2) is 14.4. The lowest BCUT2D eigenvalue weighted by atomic mass is 10.0. The average molecular weight is 837 g/mol. The van der Waals surface area contributed by atoms with Gasteiger partial charge in [0.15, 0.2) is 11.2 Å². The minimum absolute atomic E-state index is 0.777. The van der Waals surface area contributed by atoms with Crippen LogP contribution in [0.4, 0.5) is 34.1 Å². The minimum Gasteiger partial charge on any atom is -0.452 e. The zero-order chi connectivity index (χ0) is 42.3. The third kappa shape index (κ3) is 6.58. The van der Waals surface area contributed by atoms with Gasteiger partial charge >= 0.3 is 0 Å². The van der Waals surface area contributed by atoms with E-state index >= 15 is 0 Å². The molecule has 6 heteroatoms. The van der Waals surface area contributed by atoms with Crippen molar-refractivity contribution in [2.45, 2.75) is 39.3 Å². The van der Waals surface area contributed by atoms with Crippen molar-refractivity contribution in [1.29, 1.82) is 0 Å². The Labute approximate surface area is 364 Å². The lowest BCUT2D eigenvalue weighted by molar-refractivity contribution is 0.634. The lowest BCUT2D eigenvalue weighted by Gasteiger charge is -2.27. The van der Waals surface area contributed by atoms with Crippen molar-refractivity contribution in [1.82, 2.24) is 0 Å². The SMILES string of the molecule is C[Si](C)(C)c1ccc(N(c2ccccc2)c2ccc3cc4c(cc3c2)oc2c4ccc3c4cc5ccc(N(c6ccccc6)c6ccc([Si](C)(C)C)cc6)cc5cc4oc32)cc1. The zero-order valence-corrected chi connectivity index (χ0v) is 38.0. The fourth-order valence-electron chi connectivity index (χ4n) is 9.08. The molecule has 0 amide bonds. The van der Waals surface area contributed by atoms with Crippen LogP contribution in [-0.4, -0.2) is 16.1 Å². The van der Waals surface area contributed by atoms with E-state index in [0.717, 1.165) is 99.5 Å². The molecule has 0 radical (unpaired) electrons. The summed E-state index contributed by atoms with van der Waals surface area (Å²) in [5, 5.41) is 11.7. The van der Waals surface area contributed by atoms with Crippen molar-refractivity contribution in [2.24, 2.45) is 0 Å². The molecule has 0 aliphatic carbocycles. The van der Waals surface area contributed by atoms with Crippen LogP contribution < -0.4 is 20.2 Å². The third-order valence-electron chi connectivity index (χ3n) is 12.5. The van der Waals surface area contributed by atoms with Crippen LogP contribution in [0.15, 0.2) is 191 Å². The maximum Gasteiger partial charge on any atom is 0.178 e. The third-order valence-corrected chi connectivity index (χ3v) is 16.6. The van der Waals surface area contributed by atoms with Gasteiger partial charge in [-0.3, -0.25) is 0 Å². The van der Waals surface area contributed by atoms with Crippen LogP contribution in [-0.2, 0) is 0 Å². The number of para-hydroxylation sites is 2. The minimum atomic E-state index is -1.43. The molecule has 0 saturated carbocycles. The van der Waals surface area contributed by atoms with Gasteiger partial charge in [0.05, 0.1) is 16.1 Å². The topological polar surface area (TPSA) is 32.8 Å². The van der Waals surface area contributed by atoms with Gasteiger partial charge in [0.25, 0.3) is 0 Å². The van der Waals surface area contributed by atoms with Crippen molar-refractivity contribution in [2.75, 3.05) is 9.80 Å². The van der Waals surface area contributed by atoms with Gasteiger partial charge in [0.1, 0.15) is 11.2 Å². The molecule has 0 atom stereocenters. The first-order chi connectivity index (χ1) is 30.0. The van der Waals surface area contributed by atoms with Crippen LogP contribution in [0.5, 0.6) is 0 Å². The molecule has 0 fully saturated rings. The summed E-state index contributed by atoms with van der Waals surface area (Å²) in [6.07, 6.45) is 0. The van der Waals surface area contributed by atoms with Gasteiger partial charge in [-0.15, -0.1) is 0 Å². The fraction of sp³-hybridized carbons (Fsp3) is 0.107. The Bertz CT molecular complexity index is 3240. The molecule has 0 saturated heterocycles. The molecule has 0 aliphatic rings. The first kappa shape index (κ1) is 38.1. The average Bonchev–Trinajstić information content (AvgIpc) is 3.83. The van der Waals surface area contributed by atoms with E-state index in [2.05, 4.69) is 231 Å². The van der Waals surface area contributed by atoms with E-state index in [1.54, 1.807) is 0 Å². The van der Waals surface area contributed by atoms with Crippen LogP contribution >= 0.6 is 0 Å². The Hall–Kier alpha value is -6.87. The largest absolute Gasteiger partial charge is 0.452 e. The fourth-order valence-corrected chi connectivity index (χ4v) is 11.4. The molecule has 9 aromatic carbocycles. The number of benzene rings is 9. The highest BCUT2D eigenvalue weighted by Gasteiger charge is 2.22. The van der Waals surface area contributed by atoms with E-state index < -0.39 is 16.1 Å². The highest BCUT2D eigenvalue weighted by atomic mass is 28.3. The smallest absolute Gasteiger partial charge is 0.178 e. The Kier molecular flexibility index (Phi) is 8.83. The van der Waals surface area contributed by atoms with E-state index in [4.69, 9.17) is 8.83 Å². The lowest BCUT2D eigenvalue weighted by Crippen LogP contribution is -2.37. The molecule has 0 spiro atoms. The molecule has 62 heavy (non-hydrogen) atoms. The standard InChI is InChI=1S/C56H48N2O2Si2/c1-61(2,3)47-25-21-43(22-26-47)57(41-13-9-7-10-14-41)45-19-17-37-33-51-49-29-30-50-52-34-38-18-20-46(32-40(38)36-54(52)60-56(50)55(49)59-53(51)35-39(37)31-45)58(42-15-11-8-12-16-42)44-23-27-48(28-24-44)62(4,5)6/h7-36H,1-6H3. The van der Waals surface area contributed by atoms with Crippen molar-refractivity contribution in [3.05, 3.63) is 182 Å². The Morgan fingerprint density at radius 1 is 0.306 bits per heavy atom. The van der Waals surface area contributed by atoms with Gasteiger partial charge in [-0.1, -0.05) is 122 Å². The van der Waals surface area contributed by atoms with E-state index in [9.17, 15) is 0 Å². The van der Waals surface area contributed by atoms with Crippen molar-refractivity contribution in [3.63, 3.8) is 0 Å². The molecule has 2 heterocycles. The molecular weight excluding hydrogens is 789 g/mol. The second-order valence-electron chi connectivity index (χ2n) is 18.7. The monoisotopic (exact) mass is 836 g/mol. The normalized spacial score (nSPS) is 12.4. The number of rotatable bonds is 8. The number of fused-ring (bicyclic) bond motifs is 9. The summed E-state index contributed by atoms with van der Waals surface area (Å²) < 4.78 is 13.6. The van der Waals surface area contributed by atoms with E-state index in [1.165, 1.54) is 10.4 Å². The molecule has 0 bridgehead atoms. The number of hydrogen-bond acceptors (Lipinski definition) is 4. The summed E-state index contributed by atoms with van der Waals surface area (Å²) in [6.45, 7) is 14.4. The van der Waals surface area contributed by atoms with Crippen LogP contribution in [0, 0.1) is 0 Å². The van der Waals surface area contributed by atoms with Gasteiger partial charge in [-0.2, -0.15) is 0 Å². The van der Waals surface area contributed by atoms with Crippen molar-refractivity contribution in [3.8, 4) is 0 Å². The summed E-state index contributed by atoms with van der Waals surface area (Å²) in [5.41, 5.74) is 9.96. The van der Waals surface area contributed by atoms with Gasteiger partial charge in [-0.25, -0.2) is 0 Å². The molecule has 2 aromatic heterocycles. The van der Waals surface area contributed by atoms with Crippen LogP contribution in [0.1, 0.15) is 0 Å². The van der Waals surface area contributed by atoms with Crippen LogP contribution in [0.2, 0.25) is 39.3 Å². The summed E-state index contributed by atoms with van der Waals surface area (Å²) >= 11 is 0. The summed E-state index contributed by atoms with van der Waals surface area (Å²) in [5.74, 6) is 0. The number of furan rings is 2. The second-order valence-corrected chi connectivity index (χ2v) is 28.9. The predicted octanol–water partition coefficient (Wildman–Crippen LogP) is 15.8. The first-order valence-electron chi connectivity index (χ1n) is 21.6. The Morgan fingerprint density at radius 2 is 0.661 bits per heavy atom. The van der Waals surface area contributed by atoms with Crippen LogP contribution in [0.25, 0.3) is 65.4 Å². The number of nitrogens with zero attached hydrogens (tertiary/aromatic N) is 2. The van der Waals surface area contributed by atoms with E-state index in [-0.39, 0.29) is 0 Å². The molecule has 0 unspecified atom stereocenters. The van der Waals surface area contributed by atoms with Gasteiger partial charge in [-0.05, 0) is 131 Å². The molecule has 302 valence electrons. The maximum absolute atomic E-state index is 6.79. The summed E-state index contributed by atoms with van der Waals surface area (Å²) in [7, 11) is -2.87. The highest BCUT2D eigenvalue weighted by Crippen LogP contribution is 2.43. The molecule has 0 aliphatic heterocycles. The quantitative estimate of drug-likeness (QED) is 0.143. The summed E-state index contributed by atoms with van der Waals surface area (Å²) in [4.78, 5) is 4.68. The van der Waals surface area contributed by atoms with E-state index in [1.807, 2.05) is 0 Å². The van der Waals surface area contributed by atoms with Gasteiger partial charge in [0.2, 0.25) is 0 Å². The Morgan fingerprint density at radius 3 is 1.03 bits per heavy atom. The van der Waals surface area contributed by atoms with Gasteiger partial charge < -0.3 is 18.6 Å². The van der Waals surface area contributed by atoms with Crippen molar-refractivity contribution < 1.29 is 8.83 Å². The van der Waals surface area contributed by atoms with Crippen LogP contribution in [0.3, 0.4) is 0 Å². The molecule has 0 N–H and O–H groups in total. The van der Waals surface area contributed by atoms with E-state index in [0.29, 0.717) is 0 Å². The van der Waals surface area contributed by atoms with Crippen molar-refractivity contribution >= 4 is 126 Å². The molecular formula is C56H48N2O2Si2. The molecule has 11 aromatic rings. The first-order valence-corrected chi connectivity index (χ1v) is 28.6. The highest BCUT2D eigenvalue weighted by molar-refractivity contribution is 6.89. The number of hydrogen-bond donors (Lipinski definition) is 0. The summed E-state index contributed by atoms with van der Waals surface area (Å²) in [6, 6.07) is 66.3. The van der Waals surface area contributed by atoms with Gasteiger partial charge in [0, 0.05) is 55.7 Å². The molecule has 4 nitrogen and oxygen atoms in total.